The Labute approximate surface area is 185 Å². The Kier molecular flexibility index (Phi) is 8.96. The number of carbonyl (C=O) groups is 1. The molecule has 0 spiro atoms. The number of benzene rings is 2. The van der Waals surface area contributed by atoms with Crippen LogP contribution < -0.4 is 39.3 Å². The molecule has 11 heteroatoms. The Morgan fingerprint density at radius 2 is 0.938 bits per heavy atom. The molecule has 0 bridgehead atoms. The van der Waals surface area contributed by atoms with Crippen molar-refractivity contribution in [3.8, 4) is 34.5 Å². The van der Waals surface area contributed by atoms with Crippen molar-refractivity contribution >= 4 is 18.5 Å². The highest BCUT2D eigenvalue weighted by Gasteiger charge is 2.13. The quantitative estimate of drug-likeness (QED) is 0.425. The molecule has 2 aromatic rings. The van der Waals surface area contributed by atoms with Gasteiger partial charge in [0.15, 0.2) is 23.0 Å². The first kappa shape index (κ1) is 24.1. The van der Waals surface area contributed by atoms with Crippen molar-refractivity contribution in [2.45, 2.75) is 0 Å². The van der Waals surface area contributed by atoms with Gasteiger partial charge in [-0.05, 0) is 24.3 Å². The molecule has 172 valence electrons. The molecule has 0 saturated heterocycles. The molecule has 0 aliphatic rings. The average Bonchev–Trinajstić information content (AvgIpc) is 2.82. The molecule has 2 amide bonds. The highest BCUT2D eigenvalue weighted by Crippen LogP contribution is 2.38. The number of rotatable bonds is 10. The standard InChI is InChI=1S/C21H26N4O7/c1-27-15-7-13(8-16(28-2)19(15)31-5)11-22-24-21(26)25-23-12-14-9-17(29-3)20(32-6)18(10-14)30-4/h7-12H,1-6H3,(H2,24,25,26)/b22-11-,23-12+. The van der Waals surface area contributed by atoms with Gasteiger partial charge >= 0.3 is 6.03 Å². The lowest BCUT2D eigenvalue weighted by molar-refractivity contribution is 0.242. The third kappa shape index (κ3) is 5.94. The zero-order chi connectivity index (χ0) is 23.5. The monoisotopic (exact) mass is 446 g/mol. The van der Waals surface area contributed by atoms with E-state index in [9.17, 15) is 4.79 Å². The summed E-state index contributed by atoms with van der Waals surface area (Å²) in [4.78, 5) is 11.9. The third-order valence-corrected chi connectivity index (χ3v) is 4.13. The van der Waals surface area contributed by atoms with E-state index in [1.165, 1.54) is 55.1 Å². The van der Waals surface area contributed by atoms with E-state index >= 15 is 0 Å². The van der Waals surface area contributed by atoms with Gasteiger partial charge in [-0.1, -0.05) is 0 Å². The molecule has 0 heterocycles. The Balaban J connectivity index is 2.02. The zero-order valence-electron chi connectivity index (χ0n) is 18.7. The van der Waals surface area contributed by atoms with Crippen molar-refractivity contribution in [1.29, 1.82) is 0 Å². The molecule has 0 unspecified atom stereocenters. The topological polar surface area (TPSA) is 121 Å². The summed E-state index contributed by atoms with van der Waals surface area (Å²) in [5.41, 5.74) is 5.87. The summed E-state index contributed by atoms with van der Waals surface area (Å²) in [5.74, 6) is 2.78. The second-order valence-corrected chi connectivity index (χ2v) is 5.99. The first-order valence-corrected chi connectivity index (χ1v) is 9.23. The minimum Gasteiger partial charge on any atom is -0.493 e. The lowest BCUT2D eigenvalue weighted by Crippen LogP contribution is -2.28. The molecule has 2 rings (SSSR count). The van der Waals surface area contributed by atoms with Gasteiger partial charge in [-0.25, -0.2) is 15.6 Å². The minimum atomic E-state index is -0.641. The minimum absolute atomic E-state index is 0.457. The SMILES string of the molecule is COc1cc(/C=N\NC(=O)N/N=C/c2cc(OC)c(OC)c(OC)c2)cc(OC)c1OC. The maximum Gasteiger partial charge on any atom is 0.355 e. The number of ether oxygens (including phenoxy) is 6. The van der Waals surface area contributed by atoms with Gasteiger partial charge in [-0.2, -0.15) is 10.2 Å². The molecule has 0 radical (unpaired) electrons. The number of carbonyl (C=O) groups excluding carboxylic acids is 1. The number of nitrogens with zero attached hydrogens (tertiary/aromatic N) is 2. The average molecular weight is 446 g/mol. The van der Waals surface area contributed by atoms with Gasteiger partial charge in [0, 0.05) is 11.1 Å². The molecule has 32 heavy (non-hydrogen) atoms. The van der Waals surface area contributed by atoms with Crippen molar-refractivity contribution in [3.63, 3.8) is 0 Å². The van der Waals surface area contributed by atoms with Crippen LogP contribution in [0.15, 0.2) is 34.5 Å². The number of urea groups is 1. The summed E-state index contributed by atoms with van der Waals surface area (Å²) in [6.07, 6.45) is 2.85. The number of hydrogen-bond acceptors (Lipinski definition) is 9. The maximum atomic E-state index is 11.9. The van der Waals surface area contributed by atoms with Gasteiger partial charge < -0.3 is 28.4 Å². The smallest absolute Gasteiger partial charge is 0.355 e. The van der Waals surface area contributed by atoms with Crippen LogP contribution in [-0.4, -0.2) is 61.1 Å². The van der Waals surface area contributed by atoms with Crippen LogP contribution in [0.5, 0.6) is 34.5 Å². The van der Waals surface area contributed by atoms with E-state index < -0.39 is 6.03 Å². The normalized spacial score (nSPS) is 10.7. The van der Waals surface area contributed by atoms with E-state index in [-0.39, 0.29) is 0 Å². The molecule has 0 atom stereocenters. The van der Waals surface area contributed by atoms with Crippen molar-refractivity contribution in [1.82, 2.24) is 10.9 Å². The molecule has 11 nitrogen and oxygen atoms in total. The second-order valence-electron chi connectivity index (χ2n) is 5.99. The van der Waals surface area contributed by atoms with Crippen molar-refractivity contribution in [2.75, 3.05) is 42.7 Å². The van der Waals surface area contributed by atoms with Gasteiger partial charge in [-0.3, -0.25) is 0 Å². The molecular weight excluding hydrogens is 420 g/mol. The highest BCUT2D eigenvalue weighted by molar-refractivity contribution is 5.85. The molecular formula is C21H26N4O7. The van der Waals surface area contributed by atoms with Gasteiger partial charge in [-0.15, -0.1) is 0 Å². The predicted molar refractivity (Wildman–Crippen MR) is 119 cm³/mol. The first-order chi connectivity index (χ1) is 15.5. The molecule has 0 fully saturated rings. The van der Waals surface area contributed by atoms with Crippen LogP contribution in [0.4, 0.5) is 4.79 Å². The molecule has 0 aliphatic carbocycles. The van der Waals surface area contributed by atoms with E-state index in [2.05, 4.69) is 21.1 Å². The second kappa shape index (κ2) is 11.9. The molecule has 0 saturated carbocycles. The number of hydrogen-bond donors (Lipinski definition) is 2. The van der Waals surface area contributed by atoms with Crippen molar-refractivity contribution in [2.24, 2.45) is 10.2 Å². The molecule has 0 aliphatic heterocycles. The lowest BCUT2D eigenvalue weighted by Gasteiger charge is -2.12. The Hall–Kier alpha value is -4.15. The number of amides is 2. The van der Waals surface area contributed by atoms with Crippen LogP contribution in [-0.2, 0) is 0 Å². The van der Waals surface area contributed by atoms with E-state index in [4.69, 9.17) is 28.4 Å². The first-order valence-electron chi connectivity index (χ1n) is 9.23. The van der Waals surface area contributed by atoms with Crippen LogP contribution in [0.3, 0.4) is 0 Å². The Morgan fingerprint density at radius 3 is 1.19 bits per heavy atom. The lowest BCUT2D eigenvalue weighted by atomic mass is 10.2. The van der Waals surface area contributed by atoms with Gasteiger partial charge in [0.05, 0.1) is 55.1 Å². The molecule has 0 aromatic heterocycles. The summed E-state index contributed by atoms with van der Waals surface area (Å²) in [6.45, 7) is 0. The van der Waals surface area contributed by atoms with Crippen LogP contribution in [0.25, 0.3) is 0 Å². The van der Waals surface area contributed by atoms with E-state index in [1.807, 2.05) is 0 Å². The fraction of sp³-hybridized carbons (Fsp3) is 0.286. The zero-order valence-corrected chi connectivity index (χ0v) is 18.7. The summed E-state index contributed by atoms with van der Waals surface area (Å²) < 4.78 is 31.6. The van der Waals surface area contributed by atoms with Gasteiger partial charge in [0.2, 0.25) is 11.5 Å². The summed E-state index contributed by atoms with van der Waals surface area (Å²) in [5, 5.41) is 7.76. The summed E-state index contributed by atoms with van der Waals surface area (Å²) >= 11 is 0. The van der Waals surface area contributed by atoms with Gasteiger partial charge in [0.25, 0.3) is 0 Å². The number of hydrazone groups is 2. The fourth-order valence-corrected chi connectivity index (χ4v) is 2.71. The van der Waals surface area contributed by atoms with Crippen LogP contribution in [0.1, 0.15) is 11.1 Å². The largest absolute Gasteiger partial charge is 0.493 e. The molecule has 2 N–H and O–H groups in total. The van der Waals surface area contributed by atoms with E-state index in [1.54, 1.807) is 24.3 Å². The van der Waals surface area contributed by atoms with Crippen molar-refractivity contribution < 1.29 is 33.2 Å². The van der Waals surface area contributed by atoms with E-state index in [0.717, 1.165) is 0 Å². The van der Waals surface area contributed by atoms with Crippen LogP contribution in [0, 0.1) is 0 Å². The Bertz CT molecular complexity index is 865. The number of methoxy groups -OCH3 is 6. The highest BCUT2D eigenvalue weighted by atomic mass is 16.5. The Morgan fingerprint density at radius 1 is 0.625 bits per heavy atom. The molecule has 2 aromatic carbocycles. The number of nitrogens with one attached hydrogen (secondary N) is 2. The van der Waals surface area contributed by atoms with Crippen LogP contribution >= 0.6 is 0 Å². The van der Waals surface area contributed by atoms with Gasteiger partial charge in [0.1, 0.15) is 0 Å². The van der Waals surface area contributed by atoms with Crippen molar-refractivity contribution in [3.05, 3.63) is 35.4 Å². The summed E-state index contributed by atoms with van der Waals surface area (Å²) in [6, 6.07) is 6.11. The summed E-state index contributed by atoms with van der Waals surface area (Å²) in [7, 11) is 9.06. The third-order valence-electron chi connectivity index (χ3n) is 4.13. The maximum absolute atomic E-state index is 11.9. The van der Waals surface area contributed by atoms with E-state index in [0.29, 0.717) is 45.6 Å². The predicted octanol–water partition coefficient (Wildman–Crippen LogP) is 2.41. The fourth-order valence-electron chi connectivity index (χ4n) is 2.71. The van der Waals surface area contributed by atoms with Crippen LogP contribution in [0.2, 0.25) is 0 Å².